The maximum atomic E-state index is 12.1. The number of benzene rings is 1. The molecule has 0 spiro atoms. The molecule has 0 saturated carbocycles. The molecule has 0 aliphatic carbocycles. The summed E-state index contributed by atoms with van der Waals surface area (Å²) in [6, 6.07) is 8.60. The van der Waals surface area contributed by atoms with Crippen molar-refractivity contribution in [1.82, 2.24) is 4.72 Å². The topological polar surface area (TPSA) is 55.4 Å². The minimum Gasteiger partial charge on any atom is -0.496 e. The predicted molar refractivity (Wildman–Crippen MR) is 84.1 cm³/mol. The van der Waals surface area contributed by atoms with E-state index < -0.39 is 10.0 Å². The van der Waals surface area contributed by atoms with Crippen LogP contribution in [0.1, 0.15) is 4.88 Å². The lowest BCUT2D eigenvalue weighted by molar-refractivity contribution is 0.410. The smallest absolute Gasteiger partial charge is 0.241 e. The summed E-state index contributed by atoms with van der Waals surface area (Å²) in [5.41, 5.74) is 0. The molecule has 7 heteroatoms. The molecule has 1 aromatic heterocycles. The summed E-state index contributed by atoms with van der Waals surface area (Å²) in [5, 5.41) is 1.91. The van der Waals surface area contributed by atoms with Gasteiger partial charge in [0.05, 0.1) is 15.6 Å². The van der Waals surface area contributed by atoms with Crippen molar-refractivity contribution < 1.29 is 13.2 Å². The minimum atomic E-state index is -3.51. The second kappa shape index (κ2) is 6.21. The maximum absolute atomic E-state index is 12.1. The van der Waals surface area contributed by atoms with Crippen LogP contribution in [0.3, 0.4) is 0 Å². The van der Waals surface area contributed by atoms with Crippen LogP contribution in [0.25, 0.3) is 0 Å². The molecule has 0 atom stereocenters. The van der Waals surface area contributed by atoms with Crippen LogP contribution >= 0.6 is 33.9 Å². The molecule has 2 aromatic rings. The summed E-state index contributed by atoms with van der Waals surface area (Å²) >= 11 is 3.61. The van der Waals surface area contributed by atoms with Crippen LogP contribution in [0, 0.1) is 3.57 Å². The number of methoxy groups -OCH3 is 1. The van der Waals surface area contributed by atoms with Crippen molar-refractivity contribution in [3.8, 4) is 5.75 Å². The molecule has 0 saturated heterocycles. The molecule has 0 bridgehead atoms. The molecule has 19 heavy (non-hydrogen) atoms. The van der Waals surface area contributed by atoms with Crippen molar-refractivity contribution in [2.45, 2.75) is 11.4 Å². The molecule has 1 aromatic carbocycles. The molecule has 0 radical (unpaired) electrons. The Morgan fingerprint density at radius 2 is 2.16 bits per heavy atom. The fraction of sp³-hybridized carbons (Fsp3) is 0.167. The lowest BCUT2D eigenvalue weighted by Crippen LogP contribution is -2.22. The normalized spacial score (nSPS) is 11.5. The predicted octanol–water partition coefficient (Wildman–Crippen LogP) is 2.84. The van der Waals surface area contributed by atoms with Crippen LogP contribution in [0.15, 0.2) is 40.6 Å². The number of sulfonamides is 1. The molecule has 0 fully saturated rings. The Bertz CT molecular complexity index is 654. The van der Waals surface area contributed by atoms with Gasteiger partial charge in [0.25, 0.3) is 0 Å². The van der Waals surface area contributed by atoms with E-state index in [1.54, 1.807) is 12.1 Å². The van der Waals surface area contributed by atoms with Gasteiger partial charge in [-0.3, -0.25) is 0 Å². The fourth-order valence-corrected chi connectivity index (χ4v) is 3.78. The monoisotopic (exact) mass is 409 g/mol. The second-order valence-corrected chi connectivity index (χ2v) is 7.66. The largest absolute Gasteiger partial charge is 0.496 e. The molecular weight excluding hydrogens is 397 g/mol. The highest BCUT2D eigenvalue weighted by molar-refractivity contribution is 14.1. The van der Waals surface area contributed by atoms with Crippen LogP contribution in [-0.4, -0.2) is 15.5 Å². The third-order valence-corrected chi connectivity index (χ3v) is 5.62. The highest BCUT2D eigenvalue weighted by atomic mass is 127. The van der Waals surface area contributed by atoms with Crippen molar-refractivity contribution in [2.75, 3.05) is 7.11 Å². The van der Waals surface area contributed by atoms with E-state index in [-0.39, 0.29) is 4.90 Å². The van der Waals surface area contributed by atoms with Crippen molar-refractivity contribution >= 4 is 44.0 Å². The van der Waals surface area contributed by atoms with Gasteiger partial charge in [-0.25, -0.2) is 13.1 Å². The van der Waals surface area contributed by atoms with Crippen molar-refractivity contribution in [3.05, 3.63) is 44.2 Å². The number of hydrogen-bond donors (Lipinski definition) is 1. The molecular formula is C12H12INO3S2. The average Bonchev–Trinajstić information content (AvgIpc) is 2.90. The maximum Gasteiger partial charge on any atom is 0.241 e. The Morgan fingerprint density at radius 3 is 2.79 bits per heavy atom. The van der Waals surface area contributed by atoms with E-state index in [1.807, 2.05) is 17.5 Å². The van der Waals surface area contributed by atoms with Gasteiger partial charge in [0.15, 0.2) is 0 Å². The van der Waals surface area contributed by atoms with E-state index in [1.165, 1.54) is 24.5 Å². The number of rotatable bonds is 5. The summed E-state index contributed by atoms with van der Waals surface area (Å²) in [5.74, 6) is 0.555. The van der Waals surface area contributed by atoms with E-state index in [4.69, 9.17) is 4.74 Å². The highest BCUT2D eigenvalue weighted by Crippen LogP contribution is 2.24. The third kappa shape index (κ3) is 3.68. The van der Waals surface area contributed by atoms with Crippen molar-refractivity contribution in [2.24, 2.45) is 0 Å². The summed E-state index contributed by atoms with van der Waals surface area (Å²) in [6.45, 7) is 0.300. The van der Waals surface area contributed by atoms with Crippen LogP contribution in [0.2, 0.25) is 0 Å². The summed E-state index contributed by atoms with van der Waals surface area (Å²) in [7, 11) is -1.99. The van der Waals surface area contributed by atoms with Crippen LogP contribution in [0.4, 0.5) is 0 Å². The number of halogens is 1. The molecule has 102 valence electrons. The van der Waals surface area contributed by atoms with E-state index in [2.05, 4.69) is 27.3 Å². The first-order chi connectivity index (χ1) is 9.03. The zero-order chi connectivity index (χ0) is 13.9. The fourth-order valence-electron chi connectivity index (χ4n) is 1.47. The standard InChI is InChI=1S/C12H12INO3S2/c1-17-12-7-10(4-5-11(12)13)19(15,16)14-8-9-3-2-6-18-9/h2-7,14H,8H2,1H3. The summed E-state index contributed by atoms with van der Waals surface area (Å²) < 4.78 is 32.9. The van der Waals surface area contributed by atoms with E-state index >= 15 is 0 Å². The Labute approximate surface area is 130 Å². The zero-order valence-corrected chi connectivity index (χ0v) is 13.9. The summed E-state index contributed by atoms with van der Waals surface area (Å²) in [4.78, 5) is 1.18. The number of nitrogens with one attached hydrogen (secondary N) is 1. The van der Waals surface area contributed by atoms with Gasteiger partial charge in [-0.15, -0.1) is 11.3 Å². The quantitative estimate of drug-likeness (QED) is 0.773. The first kappa shape index (κ1) is 14.8. The Kier molecular flexibility index (Phi) is 4.82. The van der Waals surface area contributed by atoms with Gasteiger partial charge in [-0.1, -0.05) is 6.07 Å². The van der Waals surface area contributed by atoms with Gasteiger partial charge in [0.1, 0.15) is 5.75 Å². The lowest BCUT2D eigenvalue weighted by atomic mass is 10.3. The summed E-state index contributed by atoms with van der Waals surface area (Å²) in [6.07, 6.45) is 0. The van der Waals surface area contributed by atoms with Gasteiger partial charge >= 0.3 is 0 Å². The lowest BCUT2D eigenvalue weighted by Gasteiger charge is -2.08. The first-order valence-corrected chi connectivity index (χ1v) is 8.82. The number of thiophene rings is 1. The van der Waals surface area contributed by atoms with Crippen LogP contribution in [0.5, 0.6) is 5.75 Å². The van der Waals surface area contributed by atoms with Gasteiger partial charge in [-0.2, -0.15) is 0 Å². The zero-order valence-electron chi connectivity index (χ0n) is 10.1. The Balaban J connectivity index is 2.19. The molecule has 4 nitrogen and oxygen atoms in total. The van der Waals surface area contributed by atoms with Crippen LogP contribution in [-0.2, 0) is 16.6 Å². The molecule has 2 rings (SSSR count). The van der Waals surface area contributed by atoms with E-state index in [9.17, 15) is 8.42 Å². The number of hydrogen-bond acceptors (Lipinski definition) is 4. The van der Waals surface area contributed by atoms with E-state index in [0.717, 1.165) is 8.45 Å². The van der Waals surface area contributed by atoms with Crippen LogP contribution < -0.4 is 9.46 Å². The minimum absolute atomic E-state index is 0.210. The third-order valence-electron chi connectivity index (χ3n) is 2.45. The van der Waals surface area contributed by atoms with Gasteiger partial charge in [0, 0.05) is 17.5 Å². The molecule has 0 aliphatic heterocycles. The average molecular weight is 409 g/mol. The van der Waals surface area contributed by atoms with E-state index in [0.29, 0.717) is 12.3 Å². The SMILES string of the molecule is COc1cc(S(=O)(=O)NCc2cccs2)ccc1I. The molecule has 1 N–H and O–H groups in total. The molecule has 0 amide bonds. The highest BCUT2D eigenvalue weighted by Gasteiger charge is 2.15. The van der Waals surface area contributed by atoms with Crippen molar-refractivity contribution in [3.63, 3.8) is 0 Å². The number of ether oxygens (including phenoxy) is 1. The first-order valence-electron chi connectivity index (χ1n) is 5.38. The van der Waals surface area contributed by atoms with Crippen molar-refractivity contribution in [1.29, 1.82) is 0 Å². The van der Waals surface area contributed by atoms with Gasteiger partial charge < -0.3 is 4.74 Å². The second-order valence-electron chi connectivity index (χ2n) is 3.70. The molecule has 0 aliphatic rings. The Morgan fingerprint density at radius 1 is 1.37 bits per heavy atom. The Hall–Kier alpha value is -0.640. The molecule has 0 unspecified atom stereocenters. The van der Waals surface area contributed by atoms with Gasteiger partial charge in [-0.05, 0) is 46.2 Å². The van der Waals surface area contributed by atoms with Gasteiger partial charge in [0.2, 0.25) is 10.0 Å². The molecule has 1 heterocycles.